The zero-order valence-corrected chi connectivity index (χ0v) is 12.7. The normalized spacial score (nSPS) is 27.3. The highest BCUT2D eigenvalue weighted by Gasteiger charge is 2.31. The summed E-state index contributed by atoms with van der Waals surface area (Å²) in [5.74, 6) is 0. The number of aryl methyl sites for hydroxylation is 1. The predicted molar refractivity (Wildman–Crippen MR) is 78.4 cm³/mol. The average molecular weight is 327 g/mol. The van der Waals surface area contributed by atoms with E-state index < -0.39 is 0 Å². The molecule has 2 unspecified atom stereocenters. The van der Waals surface area contributed by atoms with E-state index >= 15 is 0 Å². The summed E-state index contributed by atoms with van der Waals surface area (Å²) < 4.78 is 1.92. The van der Waals surface area contributed by atoms with Crippen molar-refractivity contribution in [1.29, 1.82) is 0 Å². The van der Waals surface area contributed by atoms with Crippen LogP contribution in [0.4, 0.5) is 5.69 Å². The van der Waals surface area contributed by atoms with E-state index in [1.165, 1.54) is 30.5 Å². The van der Waals surface area contributed by atoms with Gasteiger partial charge in [0.15, 0.2) is 0 Å². The van der Waals surface area contributed by atoms with Crippen LogP contribution in [0.25, 0.3) is 0 Å². The second-order valence-corrected chi connectivity index (χ2v) is 6.29. The number of nitrogens with one attached hydrogen (secondary N) is 1. The van der Waals surface area contributed by atoms with E-state index in [1.807, 2.05) is 0 Å². The van der Waals surface area contributed by atoms with Gasteiger partial charge in [0.2, 0.25) is 0 Å². The summed E-state index contributed by atoms with van der Waals surface area (Å²) in [7, 11) is 1.66. The number of nitrogens with zero attached hydrogens (tertiary/aromatic N) is 3. The summed E-state index contributed by atoms with van der Waals surface area (Å²) in [6.07, 6.45) is 6.68. The third kappa shape index (κ3) is 2.56. The second kappa shape index (κ2) is 5.25. The largest absolute Gasteiger partial charge is 0.380 e. The molecule has 3 rings (SSSR count). The molecule has 2 aliphatic heterocycles. The Hall–Kier alpha value is -0.880. The Balaban J connectivity index is 1.72. The lowest BCUT2D eigenvalue weighted by molar-refractivity contribution is 0.188. The molecule has 5 nitrogen and oxygen atoms in total. The van der Waals surface area contributed by atoms with Crippen LogP contribution in [-0.4, -0.2) is 39.9 Å². The number of halogens is 1. The zero-order chi connectivity index (χ0) is 13.4. The summed E-state index contributed by atoms with van der Waals surface area (Å²) in [6.45, 7) is 2.42. The molecule has 1 aromatic rings. The molecular formula is C13H19BrN4O. The van der Waals surface area contributed by atoms with Gasteiger partial charge in [0.05, 0.1) is 11.9 Å². The monoisotopic (exact) mass is 326 g/mol. The molecule has 0 amide bonds. The van der Waals surface area contributed by atoms with Crippen LogP contribution in [0.15, 0.2) is 15.5 Å². The highest BCUT2D eigenvalue weighted by molar-refractivity contribution is 9.10. The fourth-order valence-electron chi connectivity index (χ4n) is 3.19. The Bertz CT molecular complexity index is 530. The van der Waals surface area contributed by atoms with Gasteiger partial charge >= 0.3 is 0 Å². The van der Waals surface area contributed by atoms with E-state index in [-0.39, 0.29) is 5.56 Å². The van der Waals surface area contributed by atoms with Gasteiger partial charge in [0.25, 0.3) is 5.56 Å². The Labute approximate surface area is 121 Å². The van der Waals surface area contributed by atoms with Crippen LogP contribution in [0.5, 0.6) is 0 Å². The van der Waals surface area contributed by atoms with Crippen molar-refractivity contribution in [3.05, 3.63) is 21.0 Å². The molecular weight excluding hydrogens is 308 g/mol. The molecule has 2 fully saturated rings. The highest BCUT2D eigenvalue weighted by Crippen LogP contribution is 2.29. The third-order valence-electron chi connectivity index (χ3n) is 4.26. The van der Waals surface area contributed by atoms with Crippen molar-refractivity contribution in [3.63, 3.8) is 0 Å². The Morgan fingerprint density at radius 1 is 1.42 bits per heavy atom. The molecule has 0 spiro atoms. The van der Waals surface area contributed by atoms with Gasteiger partial charge in [-0.25, -0.2) is 4.68 Å². The standard InChI is InChI=1S/C13H19BrN4O/c1-17-13(19)12(14)11(8-15-17)16-9-4-6-18-5-2-3-10(18)7-9/h8-10,16H,2-7H2,1H3. The van der Waals surface area contributed by atoms with Crippen LogP contribution in [0, 0.1) is 0 Å². The SMILES string of the molecule is Cn1ncc(NC2CCN3CCCC3C2)c(Br)c1=O. The summed E-state index contributed by atoms with van der Waals surface area (Å²) >= 11 is 3.37. The van der Waals surface area contributed by atoms with Gasteiger partial charge in [0.1, 0.15) is 4.47 Å². The van der Waals surface area contributed by atoms with Gasteiger partial charge in [-0.15, -0.1) is 0 Å². The maximum atomic E-state index is 11.8. The van der Waals surface area contributed by atoms with E-state index in [0.717, 1.165) is 24.7 Å². The van der Waals surface area contributed by atoms with Crippen molar-refractivity contribution < 1.29 is 0 Å². The molecule has 1 N–H and O–H groups in total. The molecule has 0 bridgehead atoms. The van der Waals surface area contributed by atoms with E-state index in [4.69, 9.17) is 0 Å². The molecule has 6 heteroatoms. The first-order valence-electron chi connectivity index (χ1n) is 6.87. The number of aromatic nitrogens is 2. The van der Waals surface area contributed by atoms with E-state index in [1.54, 1.807) is 13.2 Å². The minimum Gasteiger partial charge on any atom is -0.380 e. The molecule has 0 aromatic carbocycles. The lowest BCUT2D eigenvalue weighted by atomic mass is 9.97. The van der Waals surface area contributed by atoms with Crippen LogP contribution in [0.2, 0.25) is 0 Å². The summed E-state index contributed by atoms with van der Waals surface area (Å²) in [4.78, 5) is 14.4. The number of rotatable bonds is 2. The quantitative estimate of drug-likeness (QED) is 0.896. The third-order valence-corrected chi connectivity index (χ3v) is 5.02. The maximum Gasteiger partial charge on any atom is 0.282 e. The summed E-state index contributed by atoms with van der Waals surface area (Å²) in [5, 5.41) is 7.55. The van der Waals surface area contributed by atoms with Crippen LogP contribution in [-0.2, 0) is 7.05 Å². The molecule has 0 aliphatic carbocycles. The van der Waals surface area contributed by atoms with Gasteiger partial charge in [-0.1, -0.05) is 0 Å². The second-order valence-electron chi connectivity index (χ2n) is 5.50. The van der Waals surface area contributed by atoms with Crippen molar-refractivity contribution in [2.75, 3.05) is 18.4 Å². The molecule has 0 radical (unpaired) electrons. The van der Waals surface area contributed by atoms with Gasteiger partial charge in [-0.2, -0.15) is 5.10 Å². The van der Waals surface area contributed by atoms with E-state index in [0.29, 0.717) is 10.5 Å². The van der Waals surface area contributed by atoms with Crippen molar-refractivity contribution >= 4 is 21.6 Å². The van der Waals surface area contributed by atoms with Crippen molar-refractivity contribution in [3.8, 4) is 0 Å². The number of hydrogen-bond donors (Lipinski definition) is 1. The lowest BCUT2D eigenvalue weighted by Crippen LogP contribution is -2.43. The average Bonchev–Trinajstić information content (AvgIpc) is 2.87. The highest BCUT2D eigenvalue weighted by atomic mass is 79.9. The van der Waals surface area contributed by atoms with E-state index in [9.17, 15) is 4.79 Å². The van der Waals surface area contributed by atoms with Gasteiger partial charge < -0.3 is 10.2 Å². The first-order valence-corrected chi connectivity index (χ1v) is 7.67. The molecule has 2 atom stereocenters. The smallest absolute Gasteiger partial charge is 0.282 e. The molecule has 2 aliphatic rings. The summed E-state index contributed by atoms with van der Waals surface area (Å²) in [5.41, 5.74) is 0.725. The number of anilines is 1. The Morgan fingerprint density at radius 2 is 2.26 bits per heavy atom. The molecule has 104 valence electrons. The van der Waals surface area contributed by atoms with Gasteiger partial charge in [-0.3, -0.25) is 4.79 Å². The van der Waals surface area contributed by atoms with Crippen LogP contribution in [0.1, 0.15) is 25.7 Å². The molecule has 1 aromatic heterocycles. The van der Waals surface area contributed by atoms with Gasteiger partial charge in [-0.05, 0) is 48.2 Å². The Kier molecular flexibility index (Phi) is 3.62. The van der Waals surface area contributed by atoms with Crippen LogP contribution < -0.4 is 10.9 Å². The van der Waals surface area contributed by atoms with E-state index in [2.05, 4.69) is 31.2 Å². The minimum absolute atomic E-state index is 0.0942. The Morgan fingerprint density at radius 3 is 3.11 bits per heavy atom. The minimum atomic E-state index is -0.0942. The fourth-order valence-corrected chi connectivity index (χ4v) is 3.66. The number of hydrogen-bond acceptors (Lipinski definition) is 4. The molecule has 2 saturated heterocycles. The molecule has 19 heavy (non-hydrogen) atoms. The predicted octanol–water partition coefficient (Wildman–Crippen LogP) is 1.58. The van der Waals surface area contributed by atoms with Crippen molar-refractivity contribution in [2.45, 2.75) is 37.8 Å². The number of fused-ring (bicyclic) bond motifs is 1. The number of piperidine rings is 1. The van der Waals surface area contributed by atoms with Crippen molar-refractivity contribution in [2.24, 2.45) is 7.05 Å². The lowest BCUT2D eigenvalue weighted by Gasteiger charge is -2.35. The molecule has 3 heterocycles. The first kappa shape index (κ1) is 13.1. The van der Waals surface area contributed by atoms with Crippen LogP contribution in [0.3, 0.4) is 0 Å². The van der Waals surface area contributed by atoms with Crippen LogP contribution >= 0.6 is 15.9 Å². The summed E-state index contributed by atoms with van der Waals surface area (Å²) in [6, 6.07) is 1.18. The van der Waals surface area contributed by atoms with Gasteiger partial charge in [0, 0.05) is 25.7 Å². The zero-order valence-electron chi connectivity index (χ0n) is 11.1. The fraction of sp³-hybridized carbons (Fsp3) is 0.692. The van der Waals surface area contributed by atoms with Crippen molar-refractivity contribution in [1.82, 2.24) is 14.7 Å². The first-order chi connectivity index (χ1) is 9.15. The molecule has 0 saturated carbocycles. The topological polar surface area (TPSA) is 50.2 Å². The maximum absolute atomic E-state index is 11.8.